The maximum atomic E-state index is 11.6. The van der Waals surface area contributed by atoms with E-state index in [4.69, 9.17) is 4.74 Å². The first-order valence-corrected chi connectivity index (χ1v) is 5.68. The van der Waals surface area contributed by atoms with E-state index in [2.05, 4.69) is 21.5 Å². The molecule has 16 heavy (non-hydrogen) atoms. The van der Waals surface area contributed by atoms with E-state index in [9.17, 15) is 4.79 Å². The number of hydrogen-bond acceptors (Lipinski definition) is 5. The van der Waals surface area contributed by atoms with E-state index in [1.807, 2.05) is 6.92 Å². The van der Waals surface area contributed by atoms with Crippen LogP contribution in [0.2, 0.25) is 0 Å². The second kappa shape index (κ2) is 6.34. The predicted octanol–water partition coefficient (Wildman–Crippen LogP) is 1.17. The van der Waals surface area contributed by atoms with Gasteiger partial charge in [0.15, 0.2) is 0 Å². The molecule has 0 bridgehead atoms. The van der Waals surface area contributed by atoms with Crippen molar-refractivity contribution in [2.75, 3.05) is 19.8 Å². The molecule has 0 aliphatic heterocycles. The summed E-state index contributed by atoms with van der Waals surface area (Å²) in [6.45, 7) is 8.84. The van der Waals surface area contributed by atoms with Crippen LogP contribution in [0.4, 0.5) is 0 Å². The highest BCUT2D eigenvalue weighted by molar-refractivity contribution is 7.07. The number of carbonyl (C=O) groups is 1. The van der Waals surface area contributed by atoms with Gasteiger partial charge in [0.05, 0.1) is 18.9 Å². The summed E-state index contributed by atoms with van der Waals surface area (Å²) >= 11 is 1.10. The van der Waals surface area contributed by atoms with Crippen molar-refractivity contribution in [3.63, 3.8) is 0 Å². The Hall–Kier alpha value is -1.27. The Labute approximate surface area is 98.7 Å². The molecular weight excluding hydrogens is 226 g/mol. The van der Waals surface area contributed by atoms with Crippen molar-refractivity contribution in [3.8, 4) is 0 Å². The molecule has 0 aliphatic rings. The molecule has 1 rings (SSSR count). The summed E-state index contributed by atoms with van der Waals surface area (Å²) < 4.78 is 8.95. The van der Waals surface area contributed by atoms with E-state index in [1.165, 1.54) is 0 Å². The molecule has 0 aromatic carbocycles. The Morgan fingerprint density at radius 1 is 1.62 bits per heavy atom. The lowest BCUT2D eigenvalue weighted by Gasteiger charge is -2.05. The maximum Gasteiger partial charge on any atom is 0.265 e. The van der Waals surface area contributed by atoms with Crippen LogP contribution in [-0.2, 0) is 4.74 Å². The first-order chi connectivity index (χ1) is 7.61. The number of ether oxygens (including phenoxy) is 1. The Balaban J connectivity index is 2.21. The minimum atomic E-state index is -0.147. The van der Waals surface area contributed by atoms with Crippen molar-refractivity contribution in [1.82, 2.24) is 14.9 Å². The highest BCUT2D eigenvalue weighted by atomic mass is 32.1. The van der Waals surface area contributed by atoms with E-state index >= 15 is 0 Å². The monoisotopic (exact) mass is 241 g/mol. The molecule has 0 spiro atoms. The number of amides is 1. The van der Waals surface area contributed by atoms with Crippen molar-refractivity contribution in [2.24, 2.45) is 0 Å². The summed E-state index contributed by atoms with van der Waals surface area (Å²) in [5.74, 6) is -0.147. The minimum absolute atomic E-state index is 0.147. The van der Waals surface area contributed by atoms with Gasteiger partial charge < -0.3 is 10.1 Å². The fraction of sp³-hybridized carbons (Fsp3) is 0.500. The van der Waals surface area contributed by atoms with Crippen LogP contribution in [-0.4, -0.2) is 35.3 Å². The van der Waals surface area contributed by atoms with E-state index < -0.39 is 0 Å². The second-order valence-electron chi connectivity index (χ2n) is 3.45. The van der Waals surface area contributed by atoms with Gasteiger partial charge in [0.25, 0.3) is 5.91 Å². The van der Waals surface area contributed by atoms with Crippen molar-refractivity contribution in [3.05, 3.63) is 22.7 Å². The Morgan fingerprint density at radius 2 is 2.38 bits per heavy atom. The van der Waals surface area contributed by atoms with Crippen LogP contribution in [0, 0.1) is 6.92 Å². The van der Waals surface area contributed by atoms with Crippen LogP contribution in [0.25, 0.3) is 0 Å². The summed E-state index contributed by atoms with van der Waals surface area (Å²) in [4.78, 5) is 12.1. The van der Waals surface area contributed by atoms with Gasteiger partial charge in [0.1, 0.15) is 4.88 Å². The molecule has 1 aromatic rings. The van der Waals surface area contributed by atoms with Crippen LogP contribution in [0.3, 0.4) is 0 Å². The van der Waals surface area contributed by atoms with Gasteiger partial charge in [0.2, 0.25) is 0 Å². The molecule has 0 saturated carbocycles. The highest BCUT2D eigenvalue weighted by Gasteiger charge is 2.11. The fourth-order valence-corrected chi connectivity index (χ4v) is 1.58. The molecular formula is C10H15N3O2S. The van der Waals surface area contributed by atoms with Gasteiger partial charge in [-0.1, -0.05) is 16.6 Å². The van der Waals surface area contributed by atoms with Crippen molar-refractivity contribution in [1.29, 1.82) is 0 Å². The third-order valence-electron chi connectivity index (χ3n) is 1.74. The topological polar surface area (TPSA) is 64.1 Å². The largest absolute Gasteiger partial charge is 0.375 e. The first kappa shape index (κ1) is 12.8. The smallest absolute Gasteiger partial charge is 0.265 e. The number of aromatic nitrogens is 2. The SMILES string of the molecule is C=C(C)COCCNC(=O)c1snnc1C. The zero-order valence-electron chi connectivity index (χ0n) is 9.45. The third-order valence-corrected chi connectivity index (χ3v) is 2.56. The third kappa shape index (κ3) is 4.08. The van der Waals surface area contributed by atoms with Gasteiger partial charge in [-0.3, -0.25) is 4.79 Å². The fourth-order valence-electron chi connectivity index (χ4n) is 1.00. The number of hydrogen-bond donors (Lipinski definition) is 1. The number of nitrogens with one attached hydrogen (secondary N) is 1. The molecule has 1 heterocycles. The molecule has 1 amide bonds. The molecule has 88 valence electrons. The molecule has 1 N–H and O–H groups in total. The average molecular weight is 241 g/mol. The lowest BCUT2D eigenvalue weighted by molar-refractivity contribution is 0.0930. The molecule has 0 atom stereocenters. The highest BCUT2D eigenvalue weighted by Crippen LogP contribution is 2.07. The summed E-state index contributed by atoms with van der Waals surface area (Å²) in [5, 5.41) is 6.51. The first-order valence-electron chi connectivity index (χ1n) is 4.90. The molecule has 1 aromatic heterocycles. The van der Waals surface area contributed by atoms with Crippen LogP contribution in [0.5, 0.6) is 0 Å². The van der Waals surface area contributed by atoms with Crippen LogP contribution in [0.15, 0.2) is 12.2 Å². The van der Waals surface area contributed by atoms with Crippen molar-refractivity contribution in [2.45, 2.75) is 13.8 Å². The number of rotatable bonds is 6. The van der Waals surface area contributed by atoms with E-state index in [1.54, 1.807) is 6.92 Å². The lowest BCUT2D eigenvalue weighted by Crippen LogP contribution is -2.27. The Bertz CT molecular complexity index is 376. The van der Waals surface area contributed by atoms with Gasteiger partial charge in [0, 0.05) is 6.54 Å². The van der Waals surface area contributed by atoms with Gasteiger partial charge in [-0.15, -0.1) is 5.10 Å². The maximum absolute atomic E-state index is 11.6. The minimum Gasteiger partial charge on any atom is -0.375 e. The number of nitrogens with zero attached hydrogens (tertiary/aromatic N) is 2. The molecule has 0 aliphatic carbocycles. The molecule has 0 unspecified atom stereocenters. The van der Waals surface area contributed by atoms with Crippen molar-refractivity contribution >= 4 is 17.4 Å². The molecule has 0 fully saturated rings. The van der Waals surface area contributed by atoms with E-state index in [-0.39, 0.29) is 5.91 Å². The van der Waals surface area contributed by atoms with Crippen molar-refractivity contribution < 1.29 is 9.53 Å². The van der Waals surface area contributed by atoms with Crippen LogP contribution >= 0.6 is 11.5 Å². The quantitative estimate of drug-likeness (QED) is 0.600. The van der Waals surface area contributed by atoms with Gasteiger partial charge >= 0.3 is 0 Å². The Morgan fingerprint density at radius 3 is 2.94 bits per heavy atom. The molecule has 5 nitrogen and oxygen atoms in total. The predicted molar refractivity (Wildman–Crippen MR) is 62.6 cm³/mol. The Kier molecular flexibility index (Phi) is 5.07. The van der Waals surface area contributed by atoms with E-state index in [0.29, 0.717) is 30.3 Å². The second-order valence-corrected chi connectivity index (χ2v) is 4.21. The van der Waals surface area contributed by atoms with Gasteiger partial charge in [-0.25, -0.2) is 0 Å². The number of aryl methyl sites for hydroxylation is 1. The lowest BCUT2D eigenvalue weighted by atomic mass is 10.4. The summed E-state index contributed by atoms with van der Waals surface area (Å²) in [6.07, 6.45) is 0. The normalized spacial score (nSPS) is 10.1. The summed E-state index contributed by atoms with van der Waals surface area (Å²) in [6, 6.07) is 0. The van der Waals surface area contributed by atoms with Gasteiger partial charge in [-0.2, -0.15) is 0 Å². The summed E-state index contributed by atoms with van der Waals surface area (Å²) in [7, 11) is 0. The molecule has 0 saturated heterocycles. The summed E-state index contributed by atoms with van der Waals surface area (Å²) in [5.41, 5.74) is 1.62. The zero-order valence-corrected chi connectivity index (χ0v) is 10.3. The van der Waals surface area contributed by atoms with Crippen LogP contribution in [0.1, 0.15) is 22.3 Å². The number of carbonyl (C=O) groups excluding carboxylic acids is 1. The van der Waals surface area contributed by atoms with Crippen LogP contribution < -0.4 is 5.32 Å². The standard InChI is InChI=1S/C10H15N3O2S/c1-7(2)6-15-5-4-11-10(14)9-8(3)12-13-16-9/h1,4-6H2,2-3H3,(H,11,14). The molecule has 6 heteroatoms. The zero-order chi connectivity index (χ0) is 12.0. The van der Waals surface area contributed by atoms with E-state index in [0.717, 1.165) is 17.1 Å². The molecule has 0 radical (unpaired) electrons. The average Bonchev–Trinajstić information content (AvgIpc) is 2.63. The van der Waals surface area contributed by atoms with Gasteiger partial charge in [-0.05, 0) is 25.4 Å².